The van der Waals surface area contributed by atoms with Gasteiger partial charge < -0.3 is 10.3 Å². The summed E-state index contributed by atoms with van der Waals surface area (Å²) in [5.41, 5.74) is 2.31. The number of rotatable bonds is 5. The molecular weight excluding hydrogens is 278 g/mol. The summed E-state index contributed by atoms with van der Waals surface area (Å²) in [6, 6.07) is 3.06. The molecule has 1 aromatic heterocycles. The largest absolute Gasteiger partial charge is 0.307 e. The summed E-state index contributed by atoms with van der Waals surface area (Å²) in [4.78, 5) is 6.20. The lowest BCUT2D eigenvalue weighted by Crippen LogP contribution is -2.39. The van der Waals surface area contributed by atoms with E-state index in [1.54, 1.807) is 6.07 Å². The van der Waals surface area contributed by atoms with Crippen LogP contribution in [0, 0.1) is 5.92 Å². The van der Waals surface area contributed by atoms with E-state index in [4.69, 9.17) is 5.84 Å². The van der Waals surface area contributed by atoms with E-state index in [-0.39, 0.29) is 10.7 Å². The van der Waals surface area contributed by atoms with Crippen LogP contribution in [0.15, 0.2) is 23.2 Å². The molecule has 0 radical (unpaired) electrons. The quantitative estimate of drug-likeness (QED) is 0.522. The molecule has 1 fully saturated rings. The van der Waals surface area contributed by atoms with E-state index < -0.39 is 10.0 Å². The number of anilines is 1. The molecule has 4 N–H and O–H groups in total. The molecule has 0 saturated carbocycles. The fourth-order valence-electron chi connectivity index (χ4n) is 2.46. The number of pyridine rings is 1. The number of piperidine rings is 1. The number of hydrogen-bond donors (Lipinski definition) is 3. The second-order valence-electron chi connectivity index (χ2n) is 5.12. The number of hydrogen-bond acceptors (Lipinski definition) is 6. The van der Waals surface area contributed by atoms with Crippen molar-refractivity contribution in [1.82, 2.24) is 14.6 Å². The Labute approximate surface area is 119 Å². The van der Waals surface area contributed by atoms with Crippen LogP contribution in [-0.4, -0.2) is 45.0 Å². The summed E-state index contributed by atoms with van der Waals surface area (Å²) >= 11 is 0. The van der Waals surface area contributed by atoms with Crippen LogP contribution in [0.4, 0.5) is 5.82 Å². The third-order valence-corrected chi connectivity index (χ3v) is 4.94. The monoisotopic (exact) mass is 299 g/mol. The normalized spacial score (nSPS) is 20.8. The highest BCUT2D eigenvalue weighted by molar-refractivity contribution is 7.89. The summed E-state index contributed by atoms with van der Waals surface area (Å²) < 4.78 is 27.2. The predicted octanol–water partition coefficient (Wildman–Crippen LogP) is -0.0127. The lowest BCUT2D eigenvalue weighted by molar-refractivity contribution is 0.211. The van der Waals surface area contributed by atoms with Gasteiger partial charge in [0, 0.05) is 19.3 Å². The van der Waals surface area contributed by atoms with Gasteiger partial charge in [0.25, 0.3) is 0 Å². The van der Waals surface area contributed by atoms with Crippen molar-refractivity contribution in [2.75, 3.05) is 32.1 Å². The molecule has 0 spiro atoms. The zero-order chi connectivity index (χ0) is 14.6. The molecule has 7 nitrogen and oxygen atoms in total. The van der Waals surface area contributed by atoms with E-state index in [2.05, 4.69) is 27.1 Å². The zero-order valence-corrected chi connectivity index (χ0v) is 12.4. The second-order valence-corrected chi connectivity index (χ2v) is 6.85. The Kier molecular flexibility index (Phi) is 4.92. The van der Waals surface area contributed by atoms with E-state index in [0.29, 0.717) is 12.5 Å². The molecule has 1 unspecified atom stereocenters. The Hall–Kier alpha value is -1.22. The van der Waals surface area contributed by atoms with E-state index in [0.717, 1.165) is 25.9 Å². The van der Waals surface area contributed by atoms with Crippen molar-refractivity contribution in [3.05, 3.63) is 18.3 Å². The number of hydrazine groups is 1. The Bertz CT molecular complexity index is 549. The van der Waals surface area contributed by atoms with Gasteiger partial charge in [-0.2, -0.15) is 0 Å². The fraction of sp³-hybridized carbons (Fsp3) is 0.583. The van der Waals surface area contributed by atoms with Crippen LogP contribution in [0.3, 0.4) is 0 Å². The molecule has 1 aromatic rings. The van der Waals surface area contributed by atoms with Crippen LogP contribution >= 0.6 is 0 Å². The molecule has 1 atom stereocenters. The van der Waals surface area contributed by atoms with Gasteiger partial charge in [0.15, 0.2) is 5.82 Å². The summed E-state index contributed by atoms with van der Waals surface area (Å²) in [5.74, 6) is 5.79. The third kappa shape index (κ3) is 3.66. The number of nitrogens with zero attached hydrogens (tertiary/aromatic N) is 2. The van der Waals surface area contributed by atoms with Gasteiger partial charge in [0.05, 0.1) is 0 Å². The maximum absolute atomic E-state index is 12.3. The minimum atomic E-state index is -3.59. The average Bonchev–Trinajstić information content (AvgIpc) is 2.45. The van der Waals surface area contributed by atoms with Crippen LogP contribution in [0.5, 0.6) is 0 Å². The average molecular weight is 299 g/mol. The molecule has 0 bridgehead atoms. The molecule has 1 aliphatic heterocycles. The van der Waals surface area contributed by atoms with Crippen molar-refractivity contribution >= 4 is 15.8 Å². The van der Waals surface area contributed by atoms with Crippen molar-refractivity contribution in [2.45, 2.75) is 17.7 Å². The maximum atomic E-state index is 12.3. The molecule has 0 amide bonds. The number of likely N-dealkylation sites (tertiary alicyclic amines) is 1. The topological polar surface area (TPSA) is 100 Å². The molecule has 2 rings (SSSR count). The van der Waals surface area contributed by atoms with Crippen molar-refractivity contribution in [1.29, 1.82) is 0 Å². The first-order valence-corrected chi connectivity index (χ1v) is 8.11. The maximum Gasteiger partial charge on any atom is 0.244 e. The Balaban J connectivity index is 2.04. The van der Waals surface area contributed by atoms with Crippen molar-refractivity contribution < 1.29 is 8.42 Å². The number of nitrogen functional groups attached to an aromatic ring is 1. The van der Waals surface area contributed by atoms with Crippen LogP contribution in [0.25, 0.3) is 0 Å². The van der Waals surface area contributed by atoms with Crippen LogP contribution in [0.1, 0.15) is 12.8 Å². The van der Waals surface area contributed by atoms with Gasteiger partial charge in [-0.1, -0.05) is 0 Å². The highest BCUT2D eigenvalue weighted by atomic mass is 32.2. The van der Waals surface area contributed by atoms with Gasteiger partial charge >= 0.3 is 0 Å². The lowest BCUT2D eigenvalue weighted by Gasteiger charge is -2.29. The molecule has 1 aliphatic rings. The van der Waals surface area contributed by atoms with Gasteiger partial charge in [0.2, 0.25) is 10.0 Å². The Morgan fingerprint density at radius 2 is 2.35 bits per heavy atom. The van der Waals surface area contributed by atoms with E-state index in [1.165, 1.54) is 12.3 Å². The summed E-state index contributed by atoms with van der Waals surface area (Å²) in [7, 11) is -1.54. The third-order valence-electron chi connectivity index (χ3n) is 3.48. The predicted molar refractivity (Wildman–Crippen MR) is 77.5 cm³/mol. The number of nitrogens with one attached hydrogen (secondary N) is 2. The number of aromatic nitrogens is 1. The van der Waals surface area contributed by atoms with Crippen LogP contribution in [-0.2, 0) is 10.0 Å². The van der Waals surface area contributed by atoms with Crippen molar-refractivity contribution in [3.8, 4) is 0 Å². The van der Waals surface area contributed by atoms with Crippen molar-refractivity contribution in [3.63, 3.8) is 0 Å². The molecule has 112 valence electrons. The van der Waals surface area contributed by atoms with Gasteiger partial charge in [0.1, 0.15) is 4.90 Å². The molecule has 2 heterocycles. The minimum Gasteiger partial charge on any atom is -0.307 e. The molecule has 0 aromatic carbocycles. The highest BCUT2D eigenvalue weighted by Crippen LogP contribution is 2.18. The smallest absolute Gasteiger partial charge is 0.244 e. The highest BCUT2D eigenvalue weighted by Gasteiger charge is 2.22. The summed E-state index contributed by atoms with van der Waals surface area (Å²) in [5, 5.41) is 0. The first-order chi connectivity index (χ1) is 9.53. The lowest BCUT2D eigenvalue weighted by atomic mass is 9.99. The van der Waals surface area contributed by atoms with E-state index in [1.807, 2.05) is 0 Å². The first-order valence-electron chi connectivity index (χ1n) is 6.63. The Morgan fingerprint density at radius 1 is 1.55 bits per heavy atom. The molecule has 1 saturated heterocycles. The second kappa shape index (κ2) is 6.49. The van der Waals surface area contributed by atoms with Gasteiger partial charge in [-0.05, 0) is 44.5 Å². The standard InChI is InChI=1S/C12H21N5O2S/c1-17-7-3-4-10(9-17)8-15-20(18,19)11-5-2-6-14-12(11)16-13/h2,5-6,10,15H,3-4,7-9,13H2,1H3,(H,14,16). The van der Waals surface area contributed by atoms with Crippen molar-refractivity contribution in [2.24, 2.45) is 11.8 Å². The van der Waals surface area contributed by atoms with Gasteiger partial charge in [-0.15, -0.1) is 0 Å². The van der Waals surface area contributed by atoms with E-state index >= 15 is 0 Å². The summed E-state index contributed by atoms with van der Waals surface area (Å²) in [6.07, 6.45) is 3.64. The van der Waals surface area contributed by atoms with Crippen LogP contribution < -0.4 is 16.0 Å². The first kappa shape index (κ1) is 15.2. The SMILES string of the molecule is CN1CCCC(CNS(=O)(=O)c2cccnc2NN)C1. The Morgan fingerprint density at radius 3 is 3.05 bits per heavy atom. The molecular formula is C12H21N5O2S. The fourth-order valence-corrected chi connectivity index (χ4v) is 3.70. The molecule has 20 heavy (non-hydrogen) atoms. The van der Waals surface area contributed by atoms with Gasteiger partial charge in [-0.3, -0.25) is 0 Å². The van der Waals surface area contributed by atoms with Crippen LogP contribution in [0.2, 0.25) is 0 Å². The number of sulfonamides is 1. The number of nitrogens with two attached hydrogens (primary N) is 1. The zero-order valence-electron chi connectivity index (χ0n) is 11.5. The summed E-state index contributed by atoms with van der Waals surface area (Å²) in [6.45, 7) is 2.43. The minimum absolute atomic E-state index is 0.0756. The molecule has 0 aliphatic carbocycles. The molecule has 8 heteroatoms. The van der Waals surface area contributed by atoms with E-state index in [9.17, 15) is 8.42 Å². The van der Waals surface area contributed by atoms with Gasteiger partial charge in [-0.25, -0.2) is 24.0 Å².